The lowest BCUT2D eigenvalue weighted by molar-refractivity contribution is -0.137. The number of rotatable bonds is 2. The van der Waals surface area contributed by atoms with E-state index < -0.39 is 11.7 Å². The van der Waals surface area contributed by atoms with E-state index in [2.05, 4.69) is 10.3 Å². The van der Waals surface area contributed by atoms with Crippen LogP contribution in [0, 0.1) is 0 Å². The first-order chi connectivity index (χ1) is 6.97. The van der Waals surface area contributed by atoms with Gasteiger partial charge in [0.2, 0.25) is 0 Å². The lowest BCUT2D eigenvalue weighted by atomic mass is 10.2. The number of halogens is 3. The minimum atomic E-state index is -4.39. The van der Waals surface area contributed by atoms with Crippen molar-refractivity contribution in [3.8, 4) is 0 Å². The molecule has 0 unspecified atom stereocenters. The SMILES string of the molecule is Nc1cc(C(F)(F)F)cnc1NC1CC1. The Morgan fingerprint density at radius 2 is 2.07 bits per heavy atom. The van der Waals surface area contributed by atoms with Crippen LogP contribution < -0.4 is 11.1 Å². The van der Waals surface area contributed by atoms with Gasteiger partial charge in [-0.05, 0) is 18.9 Å². The molecule has 1 aromatic rings. The van der Waals surface area contributed by atoms with Gasteiger partial charge in [-0.15, -0.1) is 0 Å². The number of alkyl halides is 3. The van der Waals surface area contributed by atoms with Crippen molar-refractivity contribution in [2.24, 2.45) is 0 Å². The molecule has 0 saturated heterocycles. The predicted octanol–water partition coefficient (Wildman–Crippen LogP) is 2.26. The second-order valence-corrected chi connectivity index (χ2v) is 3.58. The van der Waals surface area contributed by atoms with E-state index in [9.17, 15) is 13.2 Å². The Morgan fingerprint density at radius 1 is 1.40 bits per heavy atom. The van der Waals surface area contributed by atoms with Crippen molar-refractivity contribution in [2.45, 2.75) is 25.1 Å². The van der Waals surface area contributed by atoms with Crippen LogP contribution in [-0.4, -0.2) is 11.0 Å². The summed E-state index contributed by atoms with van der Waals surface area (Å²) in [7, 11) is 0. The summed E-state index contributed by atoms with van der Waals surface area (Å²) >= 11 is 0. The Bertz CT molecular complexity index is 371. The molecule has 1 aliphatic rings. The molecule has 1 saturated carbocycles. The van der Waals surface area contributed by atoms with Crippen LogP contribution >= 0.6 is 0 Å². The van der Waals surface area contributed by atoms with E-state index in [1.54, 1.807) is 0 Å². The molecule has 0 amide bonds. The molecule has 2 rings (SSSR count). The lowest BCUT2D eigenvalue weighted by Gasteiger charge is -2.10. The summed E-state index contributed by atoms with van der Waals surface area (Å²) in [5, 5.41) is 2.96. The number of nitrogens with zero attached hydrogens (tertiary/aromatic N) is 1. The highest BCUT2D eigenvalue weighted by Gasteiger charge is 2.32. The average molecular weight is 217 g/mol. The molecule has 3 N–H and O–H groups in total. The van der Waals surface area contributed by atoms with Gasteiger partial charge in [0.05, 0.1) is 11.3 Å². The highest BCUT2D eigenvalue weighted by atomic mass is 19.4. The number of nitrogen functional groups attached to an aromatic ring is 1. The molecule has 0 atom stereocenters. The normalized spacial score (nSPS) is 16.5. The van der Waals surface area contributed by atoms with Gasteiger partial charge in [0.15, 0.2) is 0 Å². The fourth-order valence-electron chi connectivity index (χ4n) is 1.18. The summed E-state index contributed by atoms with van der Waals surface area (Å²) in [4.78, 5) is 3.67. The van der Waals surface area contributed by atoms with Crippen LogP contribution in [0.3, 0.4) is 0 Å². The smallest absolute Gasteiger partial charge is 0.396 e. The number of aromatic nitrogens is 1. The molecule has 1 aromatic heterocycles. The second kappa shape index (κ2) is 3.29. The topological polar surface area (TPSA) is 50.9 Å². The Balaban J connectivity index is 2.21. The van der Waals surface area contributed by atoms with Gasteiger partial charge in [-0.2, -0.15) is 13.2 Å². The van der Waals surface area contributed by atoms with Gasteiger partial charge < -0.3 is 11.1 Å². The standard InChI is InChI=1S/C9H10F3N3/c10-9(11,12)5-3-7(13)8(14-4-5)15-6-1-2-6/h3-4,6H,1-2,13H2,(H,14,15). The summed E-state index contributed by atoms with van der Waals surface area (Å²) in [6, 6.07) is 1.22. The van der Waals surface area contributed by atoms with Crippen molar-refractivity contribution in [3.63, 3.8) is 0 Å². The van der Waals surface area contributed by atoms with Gasteiger partial charge in [-0.25, -0.2) is 4.98 Å². The monoisotopic (exact) mass is 217 g/mol. The van der Waals surface area contributed by atoms with E-state index in [4.69, 9.17) is 5.73 Å². The second-order valence-electron chi connectivity index (χ2n) is 3.58. The zero-order valence-corrected chi connectivity index (χ0v) is 7.80. The van der Waals surface area contributed by atoms with Crippen molar-refractivity contribution in [3.05, 3.63) is 17.8 Å². The summed E-state index contributed by atoms with van der Waals surface area (Å²) in [6.07, 6.45) is -1.56. The third-order valence-electron chi connectivity index (χ3n) is 2.16. The van der Waals surface area contributed by atoms with Gasteiger partial charge >= 0.3 is 6.18 Å². The molecule has 6 heteroatoms. The van der Waals surface area contributed by atoms with Crippen LogP contribution in [0.5, 0.6) is 0 Å². The van der Waals surface area contributed by atoms with Gasteiger partial charge in [-0.3, -0.25) is 0 Å². The number of nitrogens with two attached hydrogens (primary N) is 1. The van der Waals surface area contributed by atoms with E-state index in [0.29, 0.717) is 11.9 Å². The molecule has 82 valence electrons. The maximum Gasteiger partial charge on any atom is 0.417 e. The Kier molecular flexibility index (Phi) is 2.21. The van der Waals surface area contributed by atoms with E-state index in [1.807, 2.05) is 0 Å². The van der Waals surface area contributed by atoms with Crippen LogP contribution in [0.1, 0.15) is 18.4 Å². The van der Waals surface area contributed by atoms with E-state index in [1.165, 1.54) is 0 Å². The maximum atomic E-state index is 12.3. The molecule has 0 bridgehead atoms. The molecule has 1 aliphatic carbocycles. The van der Waals surface area contributed by atoms with Crippen molar-refractivity contribution < 1.29 is 13.2 Å². The third-order valence-corrected chi connectivity index (χ3v) is 2.16. The number of nitrogens with one attached hydrogen (secondary N) is 1. The van der Waals surface area contributed by atoms with Gasteiger partial charge in [0, 0.05) is 12.2 Å². The van der Waals surface area contributed by atoms with Crippen molar-refractivity contribution in [2.75, 3.05) is 11.1 Å². The maximum absolute atomic E-state index is 12.3. The largest absolute Gasteiger partial charge is 0.417 e. The minimum absolute atomic E-state index is 0.0386. The first kappa shape index (κ1) is 10.1. The molecule has 0 spiro atoms. The fraction of sp³-hybridized carbons (Fsp3) is 0.444. The molecule has 1 fully saturated rings. The van der Waals surface area contributed by atoms with Crippen molar-refractivity contribution >= 4 is 11.5 Å². The molecule has 0 aliphatic heterocycles. The Hall–Kier alpha value is -1.46. The molecule has 1 heterocycles. The van der Waals surface area contributed by atoms with E-state index in [-0.39, 0.29) is 5.69 Å². The van der Waals surface area contributed by atoms with E-state index >= 15 is 0 Å². The van der Waals surface area contributed by atoms with Crippen LogP contribution in [0.15, 0.2) is 12.3 Å². The summed E-state index contributed by atoms with van der Waals surface area (Å²) in [5.74, 6) is 0.338. The summed E-state index contributed by atoms with van der Waals surface area (Å²) < 4.78 is 36.8. The number of pyridine rings is 1. The third kappa shape index (κ3) is 2.31. The molecule has 0 radical (unpaired) electrons. The highest BCUT2D eigenvalue weighted by molar-refractivity contribution is 5.62. The lowest BCUT2D eigenvalue weighted by Crippen LogP contribution is -2.10. The first-order valence-electron chi connectivity index (χ1n) is 4.56. The average Bonchev–Trinajstić information content (AvgIpc) is 2.90. The highest BCUT2D eigenvalue weighted by Crippen LogP contribution is 2.33. The minimum Gasteiger partial charge on any atom is -0.396 e. The zero-order valence-electron chi connectivity index (χ0n) is 7.80. The van der Waals surface area contributed by atoms with Gasteiger partial charge in [-0.1, -0.05) is 0 Å². The number of hydrogen-bond acceptors (Lipinski definition) is 3. The van der Waals surface area contributed by atoms with Crippen LogP contribution in [-0.2, 0) is 6.18 Å². The zero-order chi connectivity index (χ0) is 11.1. The van der Waals surface area contributed by atoms with E-state index in [0.717, 1.165) is 25.1 Å². The van der Waals surface area contributed by atoms with Crippen molar-refractivity contribution in [1.29, 1.82) is 0 Å². The molecular weight excluding hydrogens is 207 g/mol. The number of hydrogen-bond donors (Lipinski definition) is 2. The Morgan fingerprint density at radius 3 is 2.53 bits per heavy atom. The Labute approximate surface area is 84.5 Å². The summed E-state index contributed by atoms with van der Waals surface area (Å²) in [6.45, 7) is 0. The predicted molar refractivity (Wildman–Crippen MR) is 50.3 cm³/mol. The summed E-state index contributed by atoms with van der Waals surface area (Å²) in [5.41, 5.74) is 4.69. The van der Waals surface area contributed by atoms with Crippen LogP contribution in [0.25, 0.3) is 0 Å². The first-order valence-corrected chi connectivity index (χ1v) is 4.56. The van der Waals surface area contributed by atoms with Crippen LogP contribution in [0.4, 0.5) is 24.7 Å². The number of anilines is 2. The molecular formula is C9H10F3N3. The van der Waals surface area contributed by atoms with Gasteiger partial charge in [0.25, 0.3) is 0 Å². The van der Waals surface area contributed by atoms with Crippen LogP contribution in [0.2, 0.25) is 0 Å². The van der Waals surface area contributed by atoms with Crippen molar-refractivity contribution in [1.82, 2.24) is 4.98 Å². The fourth-order valence-corrected chi connectivity index (χ4v) is 1.18. The molecule has 15 heavy (non-hydrogen) atoms. The van der Waals surface area contributed by atoms with Gasteiger partial charge in [0.1, 0.15) is 5.82 Å². The quantitative estimate of drug-likeness (QED) is 0.798. The molecule has 0 aromatic carbocycles. The molecule has 3 nitrogen and oxygen atoms in total.